The Balaban J connectivity index is 1.95. The third-order valence-corrected chi connectivity index (χ3v) is 4.64. The van der Waals surface area contributed by atoms with E-state index in [0.717, 1.165) is 29.1 Å². The van der Waals surface area contributed by atoms with Gasteiger partial charge in [0.15, 0.2) is 5.82 Å². The Morgan fingerprint density at radius 3 is 3.11 bits per heavy atom. The van der Waals surface area contributed by atoms with Crippen molar-refractivity contribution in [2.45, 2.75) is 25.0 Å². The van der Waals surface area contributed by atoms with Crippen LogP contribution in [0.4, 0.5) is 5.69 Å². The van der Waals surface area contributed by atoms with E-state index in [-0.39, 0.29) is 0 Å². The smallest absolute Gasteiger partial charge is 0.258 e. The summed E-state index contributed by atoms with van der Waals surface area (Å²) in [7, 11) is 0. The highest BCUT2D eigenvalue weighted by molar-refractivity contribution is 7.99. The Hall–Kier alpha value is -1.49. The molecule has 0 spiro atoms. The zero-order valence-electron chi connectivity index (χ0n) is 10.2. The fourth-order valence-electron chi connectivity index (χ4n) is 2.14. The normalized spacial score (nSPS) is 19.3. The number of nitrogens with zero attached hydrogens (tertiary/aromatic N) is 2. The lowest BCUT2D eigenvalue weighted by molar-refractivity contribution is 0.421. The minimum atomic E-state index is 0.392. The van der Waals surface area contributed by atoms with Crippen molar-refractivity contribution in [3.63, 3.8) is 0 Å². The van der Waals surface area contributed by atoms with Gasteiger partial charge in [0.25, 0.3) is 5.89 Å². The van der Waals surface area contributed by atoms with Gasteiger partial charge in [0.05, 0.1) is 5.25 Å². The molecule has 1 aromatic heterocycles. The van der Waals surface area contributed by atoms with E-state index in [1.807, 2.05) is 36.9 Å². The lowest BCUT2D eigenvalue weighted by Gasteiger charge is -2.03. The van der Waals surface area contributed by atoms with Crippen LogP contribution in [-0.2, 0) is 0 Å². The molecule has 1 unspecified atom stereocenters. The molecule has 94 valence electrons. The van der Waals surface area contributed by atoms with Crippen LogP contribution >= 0.6 is 11.8 Å². The first-order valence-electron chi connectivity index (χ1n) is 6.06. The van der Waals surface area contributed by atoms with Gasteiger partial charge in [0.2, 0.25) is 0 Å². The molecule has 2 heterocycles. The molecule has 0 radical (unpaired) electrons. The maximum atomic E-state index is 5.89. The summed E-state index contributed by atoms with van der Waals surface area (Å²) in [6.45, 7) is 1.97. The zero-order chi connectivity index (χ0) is 12.5. The average Bonchev–Trinajstić information content (AvgIpc) is 3.01. The van der Waals surface area contributed by atoms with Crippen molar-refractivity contribution in [2.24, 2.45) is 0 Å². The maximum Gasteiger partial charge on any atom is 0.258 e. The van der Waals surface area contributed by atoms with Crippen LogP contribution in [0.3, 0.4) is 0 Å². The molecule has 1 aliphatic rings. The number of benzene rings is 1. The first kappa shape index (κ1) is 11.6. The molecule has 1 saturated heterocycles. The molecule has 18 heavy (non-hydrogen) atoms. The molecule has 0 bridgehead atoms. The van der Waals surface area contributed by atoms with E-state index in [1.54, 1.807) is 0 Å². The largest absolute Gasteiger partial charge is 0.398 e. The number of aromatic nitrogens is 2. The second-order valence-electron chi connectivity index (χ2n) is 4.48. The molecule has 0 saturated carbocycles. The highest BCUT2D eigenvalue weighted by Crippen LogP contribution is 2.39. The van der Waals surface area contributed by atoms with Gasteiger partial charge in [0, 0.05) is 11.3 Å². The van der Waals surface area contributed by atoms with Crippen molar-refractivity contribution in [1.82, 2.24) is 10.1 Å². The molecule has 1 fully saturated rings. The van der Waals surface area contributed by atoms with Gasteiger partial charge in [-0.1, -0.05) is 11.2 Å². The molecule has 1 atom stereocenters. The fourth-order valence-corrected chi connectivity index (χ4v) is 3.34. The number of hydrogen-bond acceptors (Lipinski definition) is 5. The summed E-state index contributed by atoms with van der Waals surface area (Å²) in [6.07, 6.45) is 2.37. The second-order valence-corrected chi connectivity index (χ2v) is 5.79. The summed E-state index contributed by atoms with van der Waals surface area (Å²) in [5.41, 5.74) is 8.57. The third kappa shape index (κ3) is 1.99. The molecule has 0 amide bonds. The minimum absolute atomic E-state index is 0.392. The zero-order valence-corrected chi connectivity index (χ0v) is 11.0. The SMILES string of the molecule is Cc1c(N)cccc1-c1nc(C2CCCS2)no1. The van der Waals surface area contributed by atoms with E-state index in [2.05, 4.69) is 10.1 Å². The molecule has 1 aromatic carbocycles. The van der Waals surface area contributed by atoms with E-state index >= 15 is 0 Å². The summed E-state index contributed by atoms with van der Waals surface area (Å²) in [4.78, 5) is 4.51. The number of rotatable bonds is 2. The summed E-state index contributed by atoms with van der Waals surface area (Å²) >= 11 is 1.90. The summed E-state index contributed by atoms with van der Waals surface area (Å²) in [5.74, 6) is 2.57. The lowest BCUT2D eigenvalue weighted by atomic mass is 10.1. The van der Waals surface area contributed by atoms with E-state index in [4.69, 9.17) is 10.3 Å². The summed E-state index contributed by atoms with van der Waals surface area (Å²) < 4.78 is 5.37. The van der Waals surface area contributed by atoms with Crippen LogP contribution in [0.2, 0.25) is 0 Å². The summed E-state index contributed by atoms with van der Waals surface area (Å²) in [6, 6.07) is 5.75. The van der Waals surface area contributed by atoms with E-state index in [1.165, 1.54) is 12.2 Å². The molecule has 0 aliphatic carbocycles. The van der Waals surface area contributed by atoms with Crippen molar-refractivity contribution >= 4 is 17.4 Å². The third-order valence-electron chi connectivity index (χ3n) is 3.27. The Morgan fingerprint density at radius 1 is 1.44 bits per heavy atom. The second kappa shape index (κ2) is 4.65. The lowest BCUT2D eigenvalue weighted by Crippen LogP contribution is -1.93. The van der Waals surface area contributed by atoms with Crippen LogP contribution in [0.5, 0.6) is 0 Å². The van der Waals surface area contributed by atoms with Crippen LogP contribution in [-0.4, -0.2) is 15.9 Å². The van der Waals surface area contributed by atoms with Gasteiger partial charge in [-0.05, 0) is 43.2 Å². The van der Waals surface area contributed by atoms with Crippen molar-refractivity contribution in [1.29, 1.82) is 0 Å². The number of hydrogen-bond donors (Lipinski definition) is 1. The van der Waals surface area contributed by atoms with Gasteiger partial charge in [-0.3, -0.25) is 0 Å². The fraction of sp³-hybridized carbons (Fsp3) is 0.385. The van der Waals surface area contributed by atoms with E-state index < -0.39 is 0 Å². The number of anilines is 1. The standard InChI is InChI=1S/C13H15N3OS/c1-8-9(4-2-5-10(8)14)13-15-12(16-17-13)11-6-3-7-18-11/h2,4-5,11H,3,6-7,14H2,1H3. The first-order valence-corrected chi connectivity index (χ1v) is 7.11. The van der Waals surface area contributed by atoms with Crippen molar-refractivity contribution in [2.75, 3.05) is 11.5 Å². The summed E-state index contributed by atoms with van der Waals surface area (Å²) in [5, 5.41) is 4.49. The topological polar surface area (TPSA) is 64.9 Å². The molecular weight excluding hydrogens is 246 g/mol. The quantitative estimate of drug-likeness (QED) is 0.841. The van der Waals surface area contributed by atoms with Gasteiger partial charge in [-0.2, -0.15) is 16.7 Å². The van der Waals surface area contributed by atoms with Crippen LogP contribution in [0.1, 0.15) is 29.5 Å². The van der Waals surface area contributed by atoms with Gasteiger partial charge in [-0.15, -0.1) is 0 Å². The van der Waals surface area contributed by atoms with Crippen molar-refractivity contribution in [3.05, 3.63) is 29.6 Å². The van der Waals surface area contributed by atoms with Gasteiger partial charge >= 0.3 is 0 Å². The highest BCUT2D eigenvalue weighted by atomic mass is 32.2. The molecule has 2 N–H and O–H groups in total. The number of nitrogens with two attached hydrogens (primary N) is 1. The Bertz CT molecular complexity index is 561. The van der Waals surface area contributed by atoms with Crippen molar-refractivity contribution in [3.8, 4) is 11.5 Å². The molecule has 3 rings (SSSR count). The molecule has 1 aliphatic heterocycles. The van der Waals surface area contributed by atoms with E-state index in [9.17, 15) is 0 Å². The molecule has 4 nitrogen and oxygen atoms in total. The van der Waals surface area contributed by atoms with Gasteiger partial charge in [-0.25, -0.2) is 0 Å². The predicted molar refractivity (Wildman–Crippen MR) is 73.3 cm³/mol. The Morgan fingerprint density at radius 2 is 2.33 bits per heavy atom. The monoisotopic (exact) mass is 261 g/mol. The number of thioether (sulfide) groups is 1. The predicted octanol–water partition coefficient (Wildman–Crippen LogP) is 3.20. The van der Waals surface area contributed by atoms with Crippen LogP contribution in [0.25, 0.3) is 11.5 Å². The molecule has 5 heteroatoms. The van der Waals surface area contributed by atoms with Crippen LogP contribution in [0, 0.1) is 6.92 Å². The minimum Gasteiger partial charge on any atom is -0.398 e. The van der Waals surface area contributed by atoms with E-state index in [0.29, 0.717) is 11.1 Å². The first-order chi connectivity index (χ1) is 8.75. The number of nitrogen functional groups attached to an aromatic ring is 1. The Kier molecular flexibility index (Phi) is 2.99. The molecule has 2 aromatic rings. The van der Waals surface area contributed by atoms with Crippen LogP contribution in [0.15, 0.2) is 22.7 Å². The Labute approximate surface area is 110 Å². The van der Waals surface area contributed by atoms with Crippen LogP contribution < -0.4 is 5.73 Å². The average molecular weight is 261 g/mol. The van der Waals surface area contributed by atoms with Gasteiger partial charge in [0.1, 0.15) is 0 Å². The maximum absolute atomic E-state index is 5.89. The van der Waals surface area contributed by atoms with Gasteiger partial charge < -0.3 is 10.3 Å². The van der Waals surface area contributed by atoms with Crippen molar-refractivity contribution < 1.29 is 4.52 Å². The highest BCUT2D eigenvalue weighted by Gasteiger charge is 2.23. The molecular formula is C13H15N3OS.